The van der Waals surface area contributed by atoms with E-state index in [-0.39, 0.29) is 11.9 Å². The average molecular weight is 395 g/mol. The lowest BCUT2D eigenvalue weighted by Gasteiger charge is -2.23. The first-order valence-electron chi connectivity index (χ1n) is 8.19. The molecule has 2 heterocycles. The number of halogens is 1. The molecule has 0 saturated carbocycles. The molecule has 0 aliphatic carbocycles. The lowest BCUT2D eigenvalue weighted by atomic mass is 10.1. The molecule has 1 fully saturated rings. The Kier molecular flexibility index (Phi) is 6.10. The highest BCUT2D eigenvalue weighted by Crippen LogP contribution is 2.35. The van der Waals surface area contributed by atoms with E-state index in [0.29, 0.717) is 15.6 Å². The van der Waals surface area contributed by atoms with Gasteiger partial charge in [-0.05, 0) is 43.1 Å². The Morgan fingerprint density at radius 1 is 1.27 bits per heavy atom. The number of nitrogens with one attached hydrogen (secondary N) is 4. The minimum Gasteiger partial charge on any atom is -0.347 e. The lowest BCUT2D eigenvalue weighted by Crippen LogP contribution is -2.45. The van der Waals surface area contributed by atoms with Crippen LogP contribution >= 0.6 is 22.9 Å². The molecule has 1 aromatic heterocycles. The number of hydroxylamine groups is 1. The number of benzene rings is 1. The number of piperidine rings is 1. The molecule has 3 rings (SSSR count). The summed E-state index contributed by atoms with van der Waals surface area (Å²) >= 11 is 7.19. The molecule has 7 nitrogen and oxygen atoms in total. The molecule has 0 unspecified atom stereocenters. The maximum Gasteiger partial charge on any atom is 0.342 e. The number of carbonyl (C=O) groups excluding carboxylic acids is 2. The van der Waals surface area contributed by atoms with E-state index >= 15 is 0 Å². The highest BCUT2D eigenvalue weighted by molar-refractivity contribution is 7.18. The van der Waals surface area contributed by atoms with Gasteiger partial charge in [-0.15, -0.1) is 11.3 Å². The van der Waals surface area contributed by atoms with Crippen molar-refractivity contribution in [1.82, 2.24) is 16.1 Å². The molecule has 1 aromatic carbocycles. The highest BCUT2D eigenvalue weighted by atomic mass is 35.5. The van der Waals surface area contributed by atoms with E-state index in [1.54, 1.807) is 18.2 Å². The van der Waals surface area contributed by atoms with Crippen molar-refractivity contribution in [3.05, 3.63) is 40.2 Å². The van der Waals surface area contributed by atoms with Crippen molar-refractivity contribution in [3.8, 4) is 10.4 Å². The van der Waals surface area contributed by atoms with E-state index in [4.69, 9.17) is 16.8 Å². The van der Waals surface area contributed by atoms with Crippen LogP contribution in [0.1, 0.15) is 22.5 Å². The molecule has 0 bridgehead atoms. The van der Waals surface area contributed by atoms with Gasteiger partial charge in [0.15, 0.2) is 0 Å². The number of amides is 3. The number of hydrogen-bond acceptors (Lipinski definition) is 5. The Morgan fingerprint density at radius 2 is 2.04 bits per heavy atom. The van der Waals surface area contributed by atoms with Gasteiger partial charge in [-0.1, -0.05) is 23.7 Å². The largest absolute Gasteiger partial charge is 0.347 e. The molecule has 138 valence electrons. The van der Waals surface area contributed by atoms with Crippen LogP contribution in [-0.2, 0) is 0 Å². The zero-order chi connectivity index (χ0) is 18.5. The van der Waals surface area contributed by atoms with Crippen molar-refractivity contribution in [2.75, 3.05) is 18.4 Å². The Morgan fingerprint density at radius 3 is 2.69 bits per heavy atom. The van der Waals surface area contributed by atoms with Gasteiger partial charge in [-0.3, -0.25) is 10.0 Å². The molecule has 1 aliphatic rings. The molecule has 1 aliphatic heterocycles. The van der Waals surface area contributed by atoms with Crippen LogP contribution in [0.5, 0.6) is 0 Å². The maximum atomic E-state index is 12.7. The van der Waals surface area contributed by atoms with Crippen LogP contribution in [0, 0.1) is 0 Å². The highest BCUT2D eigenvalue weighted by Gasteiger charge is 2.22. The summed E-state index contributed by atoms with van der Waals surface area (Å²) in [5, 5.41) is 18.1. The van der Waals surface area contributed by atoms with E-state index in [2.05, 4.69) is 16.0 Å². The molecule has 5 N–H and O–H groups in total. The molecule has 3 amide bonds. The van der Waals surface area contributed by atoms with Gasteiger partial charge >= 0.3 is 6.03 Å². The molecule has 9 heteroatoms. The molecule has 1 saturated heterocycles. The number of hydrogen-bond donors (Lipinski definition) is 5. The van der Waals surface area contributed by atoms with Crippen molar-refractivity contribution in [3.63, 3.8) is 0 Å². The molecule has 2 aromatic rings. The molecule has 0 radical (unpaired) electrons. The van der Waals surface area contributed by atoms with E-state index in [1.807, 2.05) is 12.1 Å². The Hall–Kier alpha value is -2.13. The predicted molar refractivity (Wildman–Crippen MR) is 102 cm³/mol. The van der Waals surface area contributed by atoms with E-state index < -0.39 is 6.03 Å². The van der Waals surface area contributed by atoms with Gasteiger partial charge < -0.3 is 16.0 Å². The molecule has 1 atom stereocenters. The molecular weight excluding hydrogens is 376 g/mol. The van der Waals surface area contributed by atoms with Gasteiger partial charge in [0.2, 0.25) is 0 Å². The summed E-state index contributed by atoms with van der Waals surface area (Å²) in [5.74, 6) is -0.253. The number of anilines is 1. The van der Waals surface area contributed by atoms with Crippen molar-refractivity contribution in [2.24, 2.45) is 0 Å². The normalized spacial score (nSPS) is 16.8. The second-order valence-electron chi connectivity index (χ2n) is 5.94. The standard InChI is InChI=1S/C17H19ClN4O3S/c18-11-5-3-10(4-6-11)14-8-13(21-17(24)22-25)15(26-14)16(23)20-12-2-1-7-19-9-12/h3-6,8,12,19,25H,1-2,7,9H2,(H,20,23)(H2,21,22,24)/t12-/m0/s1. The molecule has 26 heavy (non-hydrogen) atoms. The van der Waals surface area contributed by atoms with Crippen molar-refractivity contribution in [1.29, 1.82) is 0 Å². The summed E-state index contributed by atoms with van der Waals surface area (Å²) < 4.78 is 0. The number of rotatable bonds is 4. The second kappa shape index (κ2) is 8.50. The van der Waals surface area contributed by atoms with Gasteiger partial charge in [-0.25, -0.2) is 10.3 Å². The first kappa shape index (κ1) is 18.7. The Balaban J connectivity index is 1.86. The fourth-order valence-corrected chi connectivity index (χ4v) is 3.93. The van der Waals surface area contributed by atoms with Crippen LogP contribution in [0.2, 0.25) is 5.02 Å². The van der Waals surface area contributed by atoms with Crippen LogP contribution in [0.25, 0.3) is 10.4 Å². The van der Waals surface area contributed by atoms with Gasteiger partial charge in [0.1, 0.15) is 4.88 Å². The summed E-state index contributed by atoms with van der Waals surface area (Å²) in [7, 11) is 0. The number of thiophene rings is 1. The quantitative estimate of drug-likeness (QED) is 0.406. The monoisotopic (exact) mass is 394 g/mol. The Labute approximate surface area is 159 Å². The summed E-state index contributed by atoms with van der Waals surface area (Å²) in [6, 6.07) is 8.16. The summed E-state index contributed by atoms with van der Waals surface area (Å²) in [5.41, 5.74) is 2.73. The van der Waals surface area contributed by atoms with Crippen LogP contribution < -0.4 is 21.4 Å². The topological polar surface area (TPSA) is 102 Å². The zero-order valence-corrected chi connectivity index (χ0v) is 15.4. The van der Waals surface area contributed by atoms with Gasteiger partial charge in [0.25, 0.3) is 5.91 Å². The van der Waals surface area contributed by atoms with E-state index in [9.17, 15) is 9.59 Å². The van der Waals surface area contributed by atoms with Crippen molar-refractivity contribution < 1.29 is 14.8 Å². The van der Waals surface area contributed by atoms with Gasteiger partial charge in [-0.2, -0.15) is 0 Å². The van der Waals surface area contributed by atoms with Crippen LogP contribution in [0.4, 0.5) is 10.5 Å². The minimum atomic E-state index is -0.807. The van der Waals surface area contributed by atoms with E-state index in [1.165, 1.54) is 16.8 Å². The number of urea groups is 1. The second-order valence-corrected chi connectivity index (χ2v) is 7.43. The van der Waals surface area contributed by atoms with E-state index in [0.717, 1.165) is 36.4 Å². The fraction of sp³-hybridized carbons (Fsp3) is 0.294. The molecule has 0 spiro atoms. The Bertz CT molecular complexity index is 788. The first-order chi connectivity index (χ1) is 12.6. The smallest absolute Gasteiger partial charge is 0.342 e. The summed E-state index contributed by atoms with van der Waals surface area (Å²) in [6.07, 6.45) is 1.91. The zero-order valence-electron chi connectivity index (χ0n) is 13.8. The average Bonchev–Trinajstić information content (AvgIpc) is 3.07. The maximum absolute atomic E-state index is 12.7. The SMILES string of the molecule is O=C(NO)Nc1cc(-c2ccc(Cl)cc2)sc1C(=O)N[C@H]1CCCNC1. The first-order valence-corrected chi connectivity index (χ1v) is 9.38. The minimum absolute atomic E-state index is 0.0526. The van der Waals surface area contributed by atoms with Crippen molar-refractivity contribution in [2.45, 2.75) is 18.9 Å². The third kappa shape index (κ3) is 4.53. The molecular formula is C17H19ClN4O3S. The number of carbonyl (C=O) groups is 2. The third-order valence-electron chi connectivity index (χ3n) is 4.05. The van der Waals surface area contributed by atoms with Gasteiger partial charge in [0, 0.05) is 22.5 Å². The summed E-state index contributed by atoms with van der Waals surface area (Å²) in [4.78, 5) is 25.4. The van der Waals surface area contributed by atoms with Crippen LogP contribution in [-0.4, -0.2) is 36.3 Å². The third-order valence-corrected chi connectivity index (χ3v) is 5.48. The predicted octanol–water partition coefficient (Wildman–Crippen LogP) is 3.06. The summed E-state index contributed by atoms with van der Waals surface area (Å²) in [6.45, 7) is 1.68. The fourth-order valence-electron chi connectivity index (χ4n) is 2.79. The lowest BCUT2D eigenvalue weighted by molar-refractivity contribution is 0.0935. The van der Waals surface area contributed by atoms with Crippen LogP contribution in [0.15, 0.2) is 30.3 Å². The van der Waals surface area contributed by atoms with Crippen LogP contribution in [0.3, 0.4) is 0 Å². The van der Waals surface area contributed by atoms with Crippen molar-refractivity contribution >= 4 is 40.6 Å². The van der Waals surface area contributed by atoms with Gasteiger partial charge in [0.05, 0.1) is 5.69 Å².